The van der Waals surface area contributed by atoms with Crippen LogP contribution in [0.15, 0.2) is 47.4 Å². The van der Waals surface area contributed by atoms with E-state index in [1.807, 2.05) is 30.3 Å². The van der Waals surface area contributed by atoms with Crippen molar-refractivity contribution in [3.05, 3.63) is 42.5 Å². The average Bonchev–Trinajstić information content (AvgIpc) is 2.82. The molecule has 2 aromatic carbocycles. The first kappa shape index (κ1) is 27.4. The molecule has 1 heterocycles. The number of benzene rings is 2. The van der Waals surface area contributed by atoms with Crippen molar-refractivity contribution < 1.29 is 36.6 Å². The quantitative estimate of drug-likeness (QED) is 0.542. The highest BCUT2D eigenvalue weighted by atomic mass is 32.2. The van der Waals surface area contributed by atoms with Gasteiger partial charge in [-0.15, -0.1) is 0 Å². The van der Waals surface area contributed by atoms with Crippen molar-refractivity contribution in [3.8, 4) is 0 Å². The van der Waals surface area contributed by atoms with E-state index < -0.39 is 28.3 Å². The van der Waals surface area contributed by atoms with Crippen molar-refractivity contribution in [3.63, 3.8) is 0 Å². The first-order valence-electron chi connectivity index (χ1n) is 11.7. The molecule has 1 aliphatic heterocycles. The number of β-amino-alcohol motifs (C(OH)–C–C–N with tert-alkyl or cyclic N) is 1. The summed E-state index contributed by atoms with van der Waals surface area (Å²) in [4.78, 5) is 11.5. The number of alkyl halides is 3. The van der Waals surface area contributed by atoms with Gasteiger partial charge in [0.2, 0.25) is 10.0 Å². The molecule has 7 nitrogen and oxygen atoms in total. The SMILES string of the molecule is O=C(O)C(F)(F)F.O=S(=O)(NC[C@H](O)CN1CCC2CCCCC2C1)c1cccc2ccccc12. The molecular weight excluding hydrogens is 485 g/mol. The number of aliphatic hydroxyl groups excluding tert-OH is 1. The summed E-state index contributed by atoms with van der Waals surface area (Å²) in [7, 11) is -3.67. The maximum atomic E-state index is 12.8. The summed E-state index contributed by atoms with van der Waals surface area (Å²) >= 11 is 0. The normalized spacial score (nSPS) is 22.1. The minimum atomic E-state index is -5.08. The number of sulfonamides is 1. The molecule has 2 fully saturated rings. The van der Waals surface area contributed by atoms with Gasteiger partial charge in [0.25, 0.3) is 0 Å². The number of nitrogens with zero attached hydrogens (tertiary/aromatic N) is 1. The van der Waals surface area contributed by atoms with Crippen molar-refractivity contribution in [1.82, 2.24) is 9.62 Å². The molecule has 4 rings (SSSR count). The highest BCUT2D eigenvalue weighted by Gasteiger charge is 2.38. The minimum Gasteiger partial charge on any atom is -0.475 e. The predicted molar refractivity (Wildman–Crippen MR) is 125 cm³/mol. The molecule has 2 aliphatic rings. The fourth-order valence-corrected chi connectivity index (χ4v) is 6.22. The van der Waals surface area contributed by atoms with E-state index in [-0.39, 0.29) is 11.4 Å². The molecule has 0 aromatic heterocycles. The summed E-state index contributed by atoms with van der Waals surface area (Å²) < 4.78 is 59.9. The number of fused-ring (bicyclic) bond motifs is 2. The third-order valence-corrected chi connectivity index (χ3v) is 8.12. The average molecular weight is 517 g/mol. The van der Waals surface area contributed by atoms with Gasteiger partial charge < -0.3 is 15.1 Å². The summed E-state index contributed by atoms with van der Waals surface area (Å²) in [5.41, 5.74) is 0. The van der Waals surface area contributed by atoms with Crippen LogP contribution in [0, 0.1) is 11.8 Å². The Kier molecular flexibility index (Phi) is 9.14. The summed E-state index contributed by atoms with van der Waals surface area (Å²) in [6, 6.07) is 12.7. The number of halogens is 3. The van der Waals surface area contributed by atoms with E-state index in [1.165, 1.54) is 32.1 Å². The van der Waals surface area contributed by atoms with Gasteiger partial charge in [-0.3, -0.25) is 0 Å². The van der Waals surface area contributed by atoms with Crippen LogP contribution < -0.4 is 4.72 Å². The molecule has 194 valence electrons. The molecule has 1 aliphatic carbocycles. The van der Waals surface area contributed by atoms with Crippen LogP contribution in [0.25, 0.3) is 10.8 Å². The van der Waals surface area contributed by atoms with Gasteiger partial charge in [0.15, 0.2) is 0 Å². The van der Waals surface area contributed by atoms with Gasteiger partial charge in [0, 0.05) is 25.0 Å². The number of hydrogen-bond donors (Lipinski definition) is 3. The number of carboxylic acids is 1. The second-order valence-electron chi connectivity index (χ2n) is 9.14. The van der Waals surface area contributed by atoms with Crippen LogP contribution in [0.3, 0.4) is 0 Å². The lowest BCUT2D eigenvalue weighted by Gasteiger charge is -2.41. The molecule has 0 radical (unpaired) electrons. The van der Waals surface area contributed by atoms with E-state index in [4.69, 9.17) is 9.90 Å². The molecule has 0 amide bonds. The minimum absolute atomic E-state index is 0.0378. The van der Waals surface area contributed by atoms with Gasteiger partial charge in [0.05, 0.1) is 11.0 Å². The highest BCUT2D eigenvalue weighted by molar-refractivity contribution is 7.89. The third kappa shape index (κ3) is 7.63. The van der Waals surface area contributed by atoms with Gasteiger partial charge in [-0.2, -0.15) is 13.2 Å². The van der Waals surface area contributed by atoms with Crippen molar-refractivity contribution in [2.75, 3.05) is 26.2 Å². The Morgan fingerprint density at radius 1 is 1.06 bits per heavy atom. The van der Waals surface area contributed by atoms with Crippen LogP contribution in [-0.2, 0) is 14.8 Å². The Labute approximate surface area is 203 Å². The number of aliphatic hydroxyl groups is 1. The first-order valence-corrected chi connectivity index (χ1v) is 13.1. The topological polar surface area (TPSA) is 107 Å². The highest BCUT2D eigenvalue weighted by Crippen LogP contribution is 2.36. The lowest BCUT2D eigenvalue weighted by atomic mass is 9.75. The molecule has 0 bridgehead atoms. The second kappa shape index (κ2) is 11.7. The molecule has 0 spiro atoms. The Balaban J connectivity index is 0.000000429. The Morgan fingerprint density at radius 2 is 1.69 bits per heavy atom. The number of carboxylic acid groups (broad SMARTS) is 1. The number of rotatable bonds is 6. The zero-order chi connectivity index (χ0) is 25.6. The van der Waals surface area contributed by atoms with Crippen molar-refractivity contribution >= 4 is 26.8 Å². The maximum Gasteiger partial charge on any atom is 0.490 e. The number of likely N-dealkylation sites (tertiary alicyclic amines) is 1. The van der Waals surface area contributed by atoms with Crippen molar-refractivity contribution in [2.24, 2.45) is 11.8 Å². The second-order valence-corrected chi connectivity index (χ2v) is 10.9. The maximum absolute atomic E-state index is 12.8. The van der Waals surface area contributed by atoms with Gasteiger partial charge in [-0.1, -0.05) is 55.7 Å². The monoisotopic (exact) mass is 516 g/mol. The Bertz CT molecular complexity index is 1100. The Hall–Kier alpha value is -2.21. The Morgan fingerprint density at radius 3 is 2.37 bits per heavy atom. The van der Waals surface area contributed by atoms with Crippen molar-refractivity contribution in [1.29, 1.82) is 0 Å². The van der Waals surface area contributed by atoms with E-state index in [9.17, 15) is 26.7 Å². The smallest absolute Gasteiger partial charge is 0.475 e. The van der Waals surface area contributed by atoms with Gasteiger partial charge in [-0.25, -0.2) is 17.9 Å². The lowest BCUT2D eigenvalue weighted by molar-refractivity contribution is -0.192. The molecule has 2 unspecified atom stereocenters. The predicted octanol–water partition coefficient (Wildman–Crippen LogP) is 3.62. The largest absolute Gasteiger partial charge is 0.490 e. The summed E-state index contributed by atoms with van der Waals surface area (Å²) in [5, 5.41) is 19.2. The number of piperidine rings is 1. The standard InChI is InChI=1S/C22H30N2O3S.C2HF3O2/c25-20(16-24-13-12-17-6-1-2-8-19(17)15-24)14-23-28(26,27)22-11-5-9-18-7-3-4-10-21(18)22;3-2(4,5)1(6)7/h3-5,7,9-11,17,19-20,23,25H,1-2,6,8,12-16H2;(H,6,7)/t17?,19?,20-;/m0./s1. The van der Waals surface area contributed by atoms with Gasteiger partial charge >= 0.3 is 12.1 Å². The van der Waals surface area contributed by atoms with Crippen LogP contribution in [-0.4, -0.2) is 68.0 Å². The molecule has 3 atom stereocenters. The van der Waals surface area contributed by atoms with Gasteiger partial charge in [-0.05, 0) is 42.7 Å². The van der Waals surface area contributed by atoms with Gasteiger partial charge in [0.1, 0.15) is 0 Å². The number of aliphatic carboxylic acids is 1. The molecule has 11 heteroatoms. The van der Waals surface area contributed by atoms with Crippen LogP contribution in [0.2, 0.25) is 0 Å². The summed E-state index contributed by atoms with van der Waals surface area (Å²) in [6.45, 7) is 2.61. The number of hydrogen-bond acceptors (Lipinski definition) is 5. The zero-order valence-corrected chi connectivity index (χ0v) is 20.1. The van der Waals surface area contributed by atoms with E-state index in [0.29, 0.717) is 11.9 Å². The molecule has 3 N–H and O–H groups in total. The van der Waals surface area contributed by atoms with Crippen LogP contribution in [0.1, 0.15) is 32.1 Å². The van der Waals surface area contributed by atoms with Crippen LogP contribution in [0.5, 0.6) is 0 Å². The van der Waals surface area contributed by atoms with E-state index in [0.717, 1.165) is 30.3 Å². The zero-order valence-electron chi connectivity index (χ0n) is 19.2. The molecular formula is C24H31F3N2O5S. The van der Waals surface area contributed by atoms with Crippen molar-refractivity contribution in [2.45, 2.75) is 49.3 Å². The fraction of sp³-hybridized carbons (Fsp3) is 0.542. The lowest BCUT2D eigenvalue weighted by Crippen LogP contribution is -2.47. The van der Waals surface area contributed by atoms with Crippen LogP contribution >= 0.6 is 0 Å². The molecule has 1 saturated carbocycles. The number of nitrogens with one attached hydrogen (secondary N) is 1. The first-order chi connectivity index (χ1) is 16.5. The summed E-state index contributed by atoms with van der Waals surface area (Å²) in [5.74, 6) is -1.15. The third-order valence-electron chi connectivity index (χ3n) is 6.63. The fourth-order valence-electron chi connectivity index (χ4n) is 4.92. The van der Waals surface area contributed by atoms with E-state index >= 15 is 0 Å². The van der Waals surface area contributed by atoms with Crippen LogP contribution in [0.4, 0.5) is 13.2 Å². The molecule has 2 aromatic rings. The number of carbonyl (C=O) groups is 1. The summed E-state index contributed by atoms with van der Waals surface area (Å²) in [6.07, 6.45) is 0.753. The molecule has 1 saturated heterocycles. The van der Waals surface area contributed by atoms with E-state index in [2.05, 4.69) is 9.62 Å². The van der Waals surface area contributed by atoms with E-state index in [1.54, 1.807) is 12.1 Å². The molecule has 35 heavy (non-hydrogen) atoms.